The number of benzene rings is 1. The first-order valence-corrected chi connectivity index (χ1v) is 7.82. The van der Waals surface area contributed by atoms with Crippen LogP contribution in [0.5, 0.6) is 0 Å². The minimum absolute atomic E-state index is 0.172. The second kappa shape index (κ2) is 6.17. The highest BCUT2D eigenvalue weighted by Crippen LogP contribution is 2.25. The fourth-order valence-corrected chi connectivity index (χ4v) is 3.17. The van der Waals surface area contributed by atoms with E-state index in [9.17, 15) is 13.6 Å². The first kappa shape index (κ1) is 15.4. The lowest BCUT2D eigenvalue weighted by Crippen LogP contribution is -2.30. The third-order valence-electron chi connectivity index (χ3n) is 3.12. The van der Waals surface area contributed by atoms with Crippen molar-refractivity contribution >= 4 is 39.8 Å². The number of amides is 1. The Hall–Kier alpha value is -1.02. The van der Waals surface area contributed by atoms with Gasteiger partial charge in [0.25, 0.3) is 5.91 Å². The normalized spacial score (nSPS) is 12.2. The van der Waals surface area contributed by atoms with E-state index in [1.807, 2.05) is 0 Å². The van der Waals surface area contributed by atoms with Crippen LogP contribution in [-0.2, 0) is 0 Å². The van der Waals surface area contributed by atoms with Gasteiger partial charge in [-0.05, 0) is 53.8 Å². The van der Waals surface area contributed by atoms with Crippen molar-refractivity contribution in [3.05, 3.63) is 55.3 Å². The van der Waals surface area contributed by atoms with Crippen LogP contribution in [0.1, 0.15) is 28.9 Å². The van der Waals surface area contributed by atoms with Gasteiger partial charge in [-0.1, -0.05) is 0 Å². The second-order valence-corrected chi connectivity index (χ2v) is 7.20. The molecule has 0 fully saturated rings. The second-order valence-electron chi connectivity index (χ2n) is 4.40. The van der Waals surface area contributed by atoms with Crippen molar-refractivity contribution in [3.63, 3.8) is 0 Å². The Balaban J connectivity index is 2.26. The number of nitrogens with zero attached hydrogens (tertiary/aromatic N) is 1. The van der Waals surface area contributed by atoms with Gasteiger partial charge in [-0.3, -0.25) is 4.79 Å². The van der Waals surface area contributed by atoms with Crippen LogP contribution in [0.4, 0.5) is 8.78 Å². The highest BCUT2D eigenvalue weighted by Gasteiger charge is 2.22. The van der Waals surface area contributed by atoms with Gasteiger partial charge >= 0.3 is 0 Å². The molecule has 2 rings (SSSR count). The van der Waals surface area contributed by atoms with Crippen molar-refractivity contribution in [3.8, 4) is 0 Å². The molecule has 1 amide bonds. The van der Waals surface area contributed by atoms with Crippen LogP contribution in [-0.4, -0.2) is 17.9 Å². The first-order valence-electron chi connectivity index (χ1n) is 5.86. The zero-order chi connectivity index (χ0) is 14.9. The molecule has 1 atom stereocenters. The van der Waals surface area contributed by atoms with Gasteiger partial charge in [-0.2, -0.15) is 0 Å². The first-order chi connectivity index (χ1) is 9.40. The van der Waals surface area contributed by atoms with Gasteiger partial charge in [-0.25, -0.2) is 8.78 Å². The van der Waals surface area contributed by atoms with Gasteiger partial charge in [-0.15, -0.1) is 11.3 Å². The standard InChI is InChI=1S/C14H12F2INOS/c1-8(11-6-10(15)3-4-12(11)16)18(2)14(19)9-5-13(17)20-7-9/h3-8H,1-2H3. The van der Waals surface area contributed by atoms with Crippen molar-refractivity contribution < 1.29 is 13.6 Å². The summed E-state index contributed by atoms with van der Waals surface area (Å²) in [5.74, 6) is -1.24. The van der Waals surface area contributed by atoms with Gasteiger partial charge in [0.1, 0.15) is 11.6 Å². The number of hydrogen-bond donors (Lipinski definition) is 0. The third kappa shape index (κ3) is 3.17. The molecule has 2 aromatic rings. The smallest absolute Gasteiger partial charge is 0.254 e. The van der Waals surface area contributed by atoms with Crippen molar-refractivity contribution in [1.82, 2.24) is 4.90 Å². The maximum atomic E-state index is 13.7. The molecule has 0 saturated carbocycles. The number of carbonyl (C=O) groups is 1. The maximum absolute atomic E-state index is 13.7. The molecule has 0 aliphatic rings. The van der Waals surface area contributed by atoms with Crippen LogP contribution in [0.3, 0.4) is 0 Å². The van der Waals surface area contributed by atoms with Gasteiger partial charge < -0.3 is 4.90 Å². The summed E-state index contributed by atoms with van der Waals surface area (Å²) in [6.45, 7) is 1.67. The van der Waals surface area contributed by atoms with E-state index in [-0.39, 0.29) is 11.5 Å². The van der Waals surface area contributed by atoms with Crippen LogP contribution >= 0.6 is 33.9 Å². The monoisotopic (exact) mass is 407 g/mol. The summed E-state index contributed by atoms with van der Waals surface area (Å²) >= 11 is 3.60. The summed E-state index contributed by atoms with van der Waals surface area (Å²) in [6.07, 6.45) is 0. The molecular formula is C14H12F2INOS. The van der Waals surface area contributed by atoms with Crippen LogP contribution < -0.4 is 0 Å². The molecule has 0 bridgehead atoms. The SMILES string of the molecule is CC(c1cc(F)ccc1F)N(C)C(=O)c1csc(I)c1. The largest absolute Gasteiger partial charge is 0.335 e. The molecule has 0 spiro atoms. The zero-order valence-corrected chi connectivity index (χ0v) is 13.8. The third-order valence-corrected chi connectivity index (χ3v) is 4.91. The Bertz CT molecular complexity index is 644. The van der Waals surface area contributed by atoms with Crippen LogP contribution in [0.15, 0.2) is 29.6 Å². The fraction of sp³-hybridized carbons (Fsp3) is 0.214. The van der Waals surface area contributed by atoms with E-state index in [0.717, 1.165) is 21.1 Å². The van der Waals surface area contributed by atoms with Crippen molar-refractivity contribution in [1.29, 1.82) is 0 Å². The predicted octanol–water partition coefficient (Wildman–Crippen LogP) is 4.46. The average molecular weight is 407 g/mol. The van der Waals surface area contributed by atoms with Crippen LogP contribution in [0.25, 0.3) is 0 Å². The summed E-state index contributed by atoms with van der Waals surface area (Å²) in [7, 11) is 1.59. The quantitative estimate of drug-likeness (QED) is 0.688. The van der Waals surface area contributed by atoms with E-state index in [1.165, 1.54) is 16.2 Å². The van der Waals surface area contributed by atoms with Gasteiger partial charge in [0.05, 0.1) is 14.5 Å². The van der Waals surface area contributed by atoms with E-state index >= 15 is 0 Å². The van der Waals surface area contributed by atoms with E-state index in [0.29, 0.717) is 5.56 Å². The predicted molar refractivity (Wildman–Crippen MR) is 83.9 cm³/mol. The van der Waals surface area contributed by atoms with E-state index < -0.39 is 17.7 Å². The average Bonchev–Trinajstić information content (AvgIpc) is 2.85. The number of thiophene rings is 1. The van der Waals surface area contributed by atoms with E-state index in [4.69, 9.17) is 0 Å². The van der Waals surface area contributed by atoms with E-state index in [1.54, 1.807) is 25.4 Å². The molecule has 0 radical (unpaired) electrons. The summed E-state index contributed by atoms with van der Waals surface area (Å²) in [5, 5.41) is 1.76. The summed E-state index contributed by atoms with van der Waals surface area (Å²) in [6, 6.07) is 4.50. The number of hydrogen-bond acceptors (Lipinski definition) is 2. The molecule has 1 aromatic carbocycles. The summed E-state index contributed by atoms with van der Waals surface area (Å²) in [5.41, 5.74) is 0.733. The maximum Gasteiger partial charge on any atom is 0.254 e. The molecular weight excluding hydrogens is 395 g/mol. The molecule has 2 nitrogen and oxygen atoms in total. The number of carbonyl (C=O) groups excluding carboxylic acids is 1. The molecule has 0 aliphatic heterocycles. The fourth-order valence-electron chi connectivity index (χ4n) is 1.85. The van der Waals surface area contributed by atoms with Gasteiger partial charge in [0, 0.05) is 18.0 Å². The molecule has 0 aliphatic carbocycles. The Morgan fingerprint density at radius 2 is 2.05 bits per heavy atom. The minimum Gasteiger partial charge on any atom is -0.335 e. The highest BCUT2D eigenvalue weighted by atomic mass is 127. The lowest BCUT2D eigenvalue weighted by atomic mass is 10.1. The van der Waals surface area contributed by atoms with Crippen molar-refractivity contribution in [2.45, 2.75) is 13.0 Å². The summed E-state index contributed by atoms with van der Waals surface area (Å²) in [4.78, 5) is 13.7. The molecule has 1 heterocycles. The Kier molecular flexibility index (Phi) is 4.74. The van der Waals surface area contributed by atoms with Crippen molar-refractivity contribution in [2.75, 3.05) is 7.05 Å². The minimum atomic E-state index is -0.546. The Labute approximate surface area is 133 Å². The lowest BCUT2D eigenvalue weighted by Gasteiger charge is -2.25. The summed E-state index contributed by atoms with van der Waals surface area (Å²) < 4.78 is 28.0. The number of halogens is 3. The van der Waals surface area contributed by atoms with Gasteiger partial charge in [0.2, 0.25) is 0 Å². The lowest BCUT2D eigenvalue weighted by molar-refractivity contribution is 0.0740. The zero-order valence-electron chi connectivity index (χ0n) is 10.9. The highest BCUT2D eigenvalue weighted by molar-refractivity contribution is 14.1. The molecule has 20 heavy (non-hydrogen) atoms. The Morgan fingerprint density at radius 1 is 1.35 bits per heavy atom. The molecule has 6 heteroatoms. The van der Waals surface area contributed by atoms with Crippen LogP contribution in [0, 0.1) is 14.5 Å². The molecule has 0 saturated heterocycles. The molecule has 1 unspecified atom stereocenters. The van der Waals surface area contributed by atoms with Crippen molar-refractivity contribution in [2.24, 2.45) is 0 Å². The van der Waals surface area contributed by atoms with E-state index in [2.05, 4.69) is 22.6 Å². The number of rotatable bonds is 3. The topological polar surface area (TPSA) is 20.3 Å². The Morgan fingerprint density at radius 3 is 2.65 bits per heavy atom. The molecule has 106 valence electrons. The molecule has 1 aromatic heterocycles. The van der Waals surface area contributed by atoms with Crippen LogP contribution in [0.2, 0.25) is 0 Å². The van der Waals surface area contributed by atoms with Gasteiger partial charge in [0.15, 0.2) is 0 Å². The molecule has 0 N–H and O–H groups in total.